The van der Waals surface area contributed by atoms with E-state index in [-0.39, 0.29) is 49.7 Å². The highest BCUT2D eigenvalue weighted by Crippen LogP contribution is 2.47. The molecule has 16 nitrogen and oxygen atoms in total. The van der Waals surface area contributed by atoms with Gasteiger partial charge in [0.2, 0.25) is 11.5 Å². The van der Waals surface area contributed by atoms with Crippen LogP contribution in [0.15, 0.2) is 47.9 Å². The fourth-order valence-corrected chi connectivity index (χ4v) is 5.92. The van der Waals surface area contributed by atoms with Gasteiger partial charge in [-0.25, -0.2) is 29.1 Å². The number of cyclic esters (lactones) is 2. The number of hydrogen-bond acceptors (Lipinski definition) is 16. The van der Waals surface area contributed by atoms with Gasteiger partial charge in [0.05, 0.1) is 47.2 Å². The average molecular weight is 715 g/mol. The largest absolute Gasteiger partial charge is 0.467 e. The smallest absolute Gasteiger partial charge is 0.375 e. The molecule has 0 saturated carbocycles. The molecule has 6 heterocycles. The van der Waals surface area contributed by atoms with Gasteiger partial charge < -0.3 is 47.4 Å². The van der Waals surface area contributed by atoms with Crippen LogP contribution in [-0.4, -0.2) is 88.1 Å². The Morgan fingerprint density at radius 3 is 1.48 bits per heavy atom. The molecule has 0 radical (unpaired) electrons. The van der Waals surface area contributed by atoms with Gasteiger partial charge >= 0.3 is 23.9 Å². The summed E-state index contributed by atoms with van der Waals surface area (Å²) in [5.41, 5.74) is 3.71. The Hall–Kier alpha value is -6.26. The Morgan fingerprint density at radius 1 is 0.673 bits per heavy atom. The summed E-state index contributed by atoms with van der Waals surface area (Å²) < 4.78 is 53.0. The topological polar surface area (TPSA) is 186 Å². The quantitative estimate of drug-likeness (QED) is 0.0988. The monoisotopic (exact) mass is 714 g/mol. The summed E-state index contributed by atoms with van der Waals surface area (Å²) in [4.78, 5) is 56.4. The predicted molar refractivity (Wildman–Crippen MR) is 177 cm³/mol. The minimum absolute atomic E-state index is 0.0658. The first kappa shape index (κ1) is 34.2. The van der Waals surface area contributed by atoms with E-state index in [0.717, 1.165) is 0 Å². The van der Waals surface area contributed by atoms with Crippen molar-refractivity contribution in [2.45, 2.75) is 13.8 Å². The van der Waals surface area contributed by atoms with Crippen LogP contribution < -0.4 is 18.9 Å². The first-order valence-electron chi connectivity index (χ1n) is 16.0. The molecule has 0 N–H and O–H groups in total. The van der Waals surface area contributed by atoms with Crippen LogP contribution in [0.3, 0.4) is 0 Å². The number of fused-ring (bicyclic) bond motifs is 2. The first-order chi connectivity index (χ1) is 25.3. The summed E-state index contributed by atoms with van der Waals surface area (Å²) in [6.07, 6.45) is 0. The fourth-order valence-electron chi connectivity index (χ4n) is 5.92. The van der Waals surface area contributed by atoms with E-state index < -0.39 is 23.9 Å². The summed E-state index contributed by atoms with van der Waals surface area (Å²) in [5.74, 6) is -0.443. The Bertz CT molecular complexity index is 2080. The summed E-state index contributed by atoms with van der Waals surface area (Å²) in [6.45, 7) is 5.04. The number of rotatable bonds is 10. The van der Waals surface area contributed by atoms with Crippen molar-refractivity contribution in [1.82, 2.24) is 9.97 Å². The zero-order chi connectivity index (χ0) is 36.5. The second-order valence-electron chi connectivity index (χ2n) is 11.1. The second kappa shape index (κ2) is 14.2. The summed E-state index contributed by atoms with van der Waals surface area (Å²) in [6, 6.07) is 9.74. The molecule has 0 spiro atoms. The number of carbonyl (C=O) groups excluding carboxylic acids is 4. The van der Waals surface area contributed by atoms with Crippen LogP contribution in [-0.2, 0) is 38.0 Å². The van der Waals surface area contributed by atoms with E-state index in [0.29, 0.717) is 80.3 Å². The number of methoxy groups -OCH3 is 2. The number of pyridine rings is 2. The number of hydrogen-bond donors (Lipinski definition) is 0. The lowest BCUT2D eigenvalue weighted by atomic mass is 9.96. The predicted octanol–water partition coefficient (Wildman–Crippen LogP) is 4.11. The van der Waals surface area contributed by atoms with E-state index in [1.54, 1.807) is 24.3 Å². The molecule has 0 atom stereocenters. The lowest BCUT2D eigenvalue weighted by Crippen LogP contribution is -2.13. The van der Waals surface area contributed by atoms with Gasteiger partial charge in [0.15, 0.2) is 25.0 Å². The molecule has 16 heteroatoms. The molecule has 8 rings (SSSR count). The number of esters is 4. The molecular formula is C36H30N2O14. The zero-order valence-electron chi connectivity index (χ0n) is 28.3. The van der Waals surface area contributed by atoms with Crippen LogP contribution in [0, 0.1) is 0 Å². The van der Waals surface area contributed by atoms with Crippen molar-refractivity contribution >= 4 is 56.8 Å². The van der Waals surface area contributed by atoms with E-state index in [9.17, 15) is 19.2 Å². The highest BCUT2D eigenvalue weighted by molar-refractivity contribution is 6.12. The Kier molecular flexibility index (Phi) is 9.32. The van der Waals surface area contributed by atoms with E-state index in [1.807, 2.05) is 13.8 Å². The van der Waals surface area contributed by atoms with Crippen LogP contribution >= 0.6 is 0 Å². The van der Waals surface area contributed by atoms with Crippen LogP contribution in [0.1, 0.15) is 46.0 Å². The summed E-state index contributed by atoms with van der Waals surface area (Å²) in [5, 5.41) is 1.28. The van der Waals surface area contributed by atoms with Gasteiger partial charge in [-0.1, -0.05) is 0 Å². The van der Waals surface area contributed by atoms with Gasteiger partial charge in [-0.2, -0.15) is 0 Å². The standard InChI is InChI=1S/2C18H15NO7/c2*1-3-23-8-25-12-5-4-10-15-13(6-11(19-10)17(20)22-2)26-16-9(14(12)15)7-24-18(16)21/h2*4-6H,3,7-8H2,1-2H3. The Morgan fingerprint density at radius 2 is 1.10 bits per heavy atom. The number of benzene rings is 2. The lowest BCUT2D eigenvalue weighted by Gasteiger charge is -2.21. The van der Waals surface area contributed by atoms with Crippen LogP contribution in [0.4, 0.5) is 0 Å². The molecule has 4 aromatic rings. The maximum Gasteiger partial charge on any atom is 0.375 e. The molecule has 0 aliphatic carbocycles. The third-order valence-corrected chi connectivity index (χ3v) is 8.24. The minimum atomic E-state index is -0.598. The number of aromatic nitrogens is 2. The van der Waals surface area contributed by atoms with E-state index >= 15 is 0 Å². The fraction of sp³-hybridized carbons (Fsp3) is 0.278. The van der Waals surface area contributed by atoms with Crippen LogP contribution in [0.2, 0.25) is 0 Å². The molecule has 0 amide bonds. The molecule has 52 heavy (non-hydrogen) atoms. The summed E-state index contributed by atoms with van der Waals surface area (Å²) >= 11 is 0. The van der Waals surface area contributed by atoms with Crippen molar-refractivity contribution in [2.24, 2.45) is 0 Å². The third-order valence-electron chi connectivity index (χ3n) is 8.24. The maximum atomic E-state index is 12.0. The van der Waals surface area contributed by atoms with Crippen molar-refractivity contribution in [3.8, 4) is 23.0 Å². The van der Waals surface area contributed by atoms with Gasteiger partial charge in [0, 0.05) is 36.5 Å². The van der Waals surface area contributed by atoms with Gasteiger partial charge in [0.25, 0.3) is 0 Å². The summed E-state index contributed by atoms with van der Waals surface area (Å²) in [7, 11) is 2.54. The van der Waals surface area contributed by atoms with E-state index in [1.165, 1.54) is 26.4 Å². The molecule has 0 bridgehead atoms. The van der Waals surface area contributed by atoms with Gasteiger partial charge in [0.1, 0.15) is 36.2 Å². The number of carbonyl (C=O) groups is 4. The highest BCUT2D eigenvalue weighted by atomic mass is 16.7. The van der Waals surface area contributed by atoms with Crippen molar-refractivity contribution in [1.29, 1.82) is 0 Å². The van der Waals surface area contributed by atoms with Gasteiger partial charge in [-0.15, -0.1) is 0 Å². The SMILES string of the molecule is CCOCOc1ccc2nc(C(=O)OC)cc3c2c1C1=C(O3)C(=O)OC1.CCOCOc1ccc2nc(C(=O)OC)cc3c2c1C1=C(O3)C(=O)OC1. The molecule has 4 aliphatic rings. The van der Waals surface area contributed by atoms with Gasteiger partial charge in [-0.3, -0.25) is 0 Å². The molecule has 0 unspecified atom stereocenters. The lowest BCUT2D eigenvalue weighted by molar-refractivity contribution is -0.138. The van der Waals surface area contributed by atoms with Crippen molar-refractivity contribution in [3.05, 3.63) is 70.4 Å². The molecular weight excluding hydrogens is 684 g/mol. The molecule has 2 aromatic heterocycles. The minimum Gasteiger partial charge on any atom is -0.467 e. The molecule has 0 saturated heterocycles. The van der Waals surface area contributed by atoms with Crippen molar-refractivity contribution in [3.63, 3.8) is 0 Å². The first-order valence-corrected chi connectivity index (χ1v) is 16.0. The average Bonchev–Trinajstić information content (AvgIpc) is 3.73. The normalized spacial score (nSPS) is 14.8. The molecule has 4 aliphatic heterocycles. The number of nitrogens with zero attached hydrogens (tertiary/aromatic N) is 2. The maximum absolute atomic E-state index is 12.0. The van der Waals surface area contributed by atoms with Crippen molar-refractivity contribution < 1.29 is 66.5 Å². The molecule has 268 valence electrons. The van der Waals surface area contributed by atoms with E-state index in [2.05, 4.69) is 9.97 Å². The van der Waals surface area contributed by atoms with E-state index in [4.69, 9.17) is 47.4 Å². The van der Waals surface area contributed by atoms with Crippen LogP contribution in [0.5, 0.6) is 23.0 Å². The van der Waals surface area contributed by atoms with Crippen LogP contribution in [0.25, 0.3) is 33.0 Å². The Balaban J connectivity index is 0.000000162. The second-order valence-corrected chi connectivity index (χ2v) is 11.1. The highest BCUT2D eigenvalue weighted by Gasteiger charge is 2.38. The number of ether oxygens (including phenoxy) is 10. The zero-order valence-corrected chi connectivity index (χ0v) is 28.3. The molecule has 2 aromatic carbocycles. The van der Waals surface area contributed by atoms with Gasteiger partial charge in [-0.05, 0) is 38.1 Å². The Labute approximate surface area is 294 Å². The third kappa shape index (κ3) is 5.96. The van der Waals surface area contributed by atoms with Crippen molar-refractivity contribution in [2.75, 3.05) is 54.2 Å². The molecule has 0 fully saturated rings.